The average Bonchev–Trinajstić information content (AvgIpc) is 2.49. The van der Waals surface area contributed by atoms with Crippen LogP contribution in [-0.4, -0.2) is 36.6 Å². The molecule has 1 aliphatic heterocycles. The number of hydrogen-bond donors (Lipinski definition) is 2. The number of nitrogens with one attached hydrogen (secondary N) is 2. The molecule has 0 saturated carbocycles. The third-order valence-corrected chi connectivity index (χ3v) is 4.79. The number of urea groups is 1. The molecule has 4 nitrogen and oxygen atoms in total. The molecule has 0 aliphatic carbocycles. The van der Waals surface area contributed by atoms with Crippen LogP contribution in [0.5, 0.6) is 0 Å². The molecule has 1 aromatic rings. The van der Waals surface area contributed by atoms with Crippen molar-refractivity contribution in [3.8, 4) is 0 Å². The van der Waals surface area contributed by atoms with E-state index in [0.29, 0.717) is 5.92 Å². The largest absolute Gasteiger partial charge is 0.335 e. The second kappa shape index (κ2) is 8.69. The number of piperidine rings is 1. The molecule has 0 radical (unpaired) electrons. The monoisotopic (exact) mass is 381 g/mol. The van der Waals surface area contributed by atoms with Crippen LogP contribution >= 0.6 is 15.9 Å². The van der Waals surface area contributed by atoms with Crippen molar-refractivity contribution < 1.29 is 4.79 Å². The average molecular weight is 382 g/mol. The van der Waals surface area contributed by atoms with Gasteiger partial charge in [0.25, 0.3) is 0 Å². The summed E-state index contributed by atoms with van der Waals surface area (Å²) in [6, 6.07) is 8.27. The minimum atomic E-state index is -0.0669. The smallest absolute Gasteiger partial charge is 0.315 e. The number of rotatable bonds is 5. The lowest BCUT2D eigenvalue weighted by atomic mass is 10.0. The molecule has 23 heavy (non-hydrogen) atoms. The van der Waals surface area contributed by atoms with Crippen molar-refractivity contribution in [2.24, 2.45) is 5.92 Å². The number of benzene rings is 1. The van der Waals surface area contributed by atoms with Gasteiger partial charge in [-0.1, -0.05) is 41.9 Å². The highest BCUT2D eigenvalue weighted by atomic mass is 79.9. The van der Waals surface area contributed by atoms with Crippen LogP contribution in [0.4, 0.5) is 4.79 Å². The highest BCUT2D eigenvalue weighted by Crippen LogP contribution is 2.17. The Bertz CT molecular complexity index is 495. The minimum Gasteiger partial charge on any atom is -0.335 e. The van der Waals surface area contributed by atoms with E-state index in [-0.39, 0.29) is 18.1 Å². The topological polar surface area (TPSA) is 44.4 Å². The number of amides is 2. The number of hydrogen-bond acceptors (Lipinski definition) is 2. The van der Waals surface area contributed by atoms with Crippen molar-refractivity contribution in [1.29, 1.82) is 0 Å². The van der Waals surface area contributed by atoms with Crippen LogP contribution in [-0.2, 0) is 0 Å². The first-order valence-corrected chi connectivity index (χ1v) is 9.28. The molecule has 0 bridgehead atoms. The first-order valence-electron chi connectivity index (χ1n) is 8.49. The Balaban J connectivity index is 1.74. The highest BCUT2D eigenvalue weighted by molar-refractivity contribution is 9.10. The highest BCUT2D eigenvalue weighted by Gasteiger charge is 2.21. The molecule has 1 saturated heterocycles. The van der Waals surface area contributed by atoms with Gasteiger partial charge in [0.05, 0.1) is 6.04 Å². The second-order valence-electron chi connectivity index (χ2n) is 6.86. The molecule has 2 N–H and O–H groups in total. The molecule has 1 unspecified atom stereocenters. The lowest BCUT2D eigenvalue weighted by Gasteiger charge is -2.33. The Morgan fingerprint density at radius 1 is 1.22 bits per heavy atom. The molecule has 128 valence electrons. The van der Waals surface area contributed by atoms with Gasteiger partial charge in [-0.05, 0) is 43.4 Å². The molecule has 2 amide bonds. The maximum atomic E-state index is 12.2. The normalized spacial score (nSPS) is 18.0. The van der Waals surface area contributed by atoms with E-state index in [1.807, 2.05) is 31.2 Å². The summed E-state index contributed by atoms with van der Waals surface area (Å²) in [7, 11) is 0. The summed E-state index contributed by atoms with van der Waals surface area (Å²) in [4.78, 5) is 14.7. The third-order valence-electron chi connectivity index (χ3n) is 4.26. The zero-order chi connectivity index (χ0) is 16.8. The Kier molecular flexibility index (Phi) is 6.90. The fraction of sp³-hybridized carbons (Fsp3) is 0.611. The quantitative estimate of drug-likeness (QED) is 0.811. The summed E-state index contributed by atoms with van der Waals surface area (Å²) in [5.74, 6) is 0.703. The Hall–Kier alpha value is -1.07. The van der Waals surface area contributed by atoms with Gasteiger partial charge in [-0.3, -0.25) is 0 Å². The van der Waals surface area contributed by atoms with Crippen LogP contribution < -0.4 is 10.6 Å². The van der Waals surface area contributed by atoms with E-state index in [0.717, 1.165) is 42.5 Å². The van der Waals surface area contributed by atoms with Crippen LogP contribution in [0.1, 0.15) is 45.2 Å². The molecule has 5 heteroatoms. The van der Waals surface area contributed by atoms with Gasteiger partial charge < -0.3 is 15.5 Å². The van der Waals surface area contributed by atoms with Gasteiger partial charge in [0.1, 0.15) is 0 Å². The van der Waals surface area contributed by atoms with Crippen molar-refractivity contribution in [2.45, 2.75) is 45.7 Å². The standard InChI is InChI=1S/C18H28BrN3O/c1-13(2)12-22-10-8-17(9-11-22)21-18(23)20-14(3)15-4-6-16(19)7-5-15/h4-7,13-14,17H,8-12H2,1-3H3,(H2,20,21,23). The first kappa shape index (κ1) is 18.3. The molecule has 1 atom stereocenters. The zero-order valence-corrected chi connectivity index (χ0v) is 15.9. The van der Waals surface area contributed by atoms with E-state index in [4.69, 9.17) is 0 Å². The molecular weight excluding hydrogens is 354 g/mol. The van der Waals surface area contributed by atoms with E-state index in [1.54, 1.807) is 0 Å². The van der Waals surface area contributed by atoms with E-state index in [2.05, 4.69) is 45.3 Å². The summed E-state index contributed by atoms with van der Waals surface area (Å²) in [5, 5.41) is 6.15. The van der Waals surface area contributed by atoms with Crippen LogP contribution in [0.15, 0.2) is 28.7 Å². The fourth-order valence-corrected chi connectivity index (χ4v) is 3.30. The first-order chi connectivity index (χ1) is 10.9. The lowest BCUT2D eigenvalue weighted by molar-refractivity contribution is 0.177. The summed E-state index contributed by atoms with van der Waals surface area (Å²) in [6.45, 7) is 9.81. The van der Waals surface area contributed by atoms with Gasteiger partial charge in [-0.25, -0.2) is 4.79 Å². The number of carbonyl (C=O) groups excluding carboxylic acids is 1. The minimum absolute atomic E-state index is 0.00382. The Morgan fingerprint density at radius 2 is 1.83 bits per heavy atom. The van der Waals surface area contributed by atoms with Crippen molar-refractivity contribution in [1.82, 2.24) is 15.5 Å². The lowest BCUT2D eigenvalue weighted by Crippen LogP contribution is -2.48. The molecule has 1 aromatic carbocycles. The van der Waals surface area contributed by atoms with Crippen LogP contribution in [0.25, 0.3) is 0 Å². The number of carbonyl (C=O) groups is 1. The van der Waals surface area contributed by atoms with Crippen molar-refractivity contribution in [3.05, 3.63) is 34.3 Å². The zero-order valence-electron chi connectivity index (χ0n) is 14.3. The fourth-order valence-electron chi connectivity index (χ4n) is 3.03. The van der Waals surface area contributed by atoms with Gasteiger partial charge in [-0.2, -0.15) is 0 Å². The second-order valence-corrected chi connectivity index (χ2v) is 7.78. The number of halogens is 1. The van der Waals surface area contributed by atoms with Gasteiger partial charge in [0, 0.05) is 30.1 Å². The number of likely N-dealkylation sites (tertiary alicyclic amines) is 1. The SMILES string of the molecule is CC(C)CN1CCC(NC(=O)NC(C)c2ccc(Br)cc2)CC1. The van der Waals surface area contributed by atoms with E-state index in [9.17, 15) is 4.79 Å². The van der Waals surface area contributed by atoms with Crippen LogP contribution in [0, 0.1) is 5.92 Å². The summed E-state index contributed by atoms with van der Waals surface area (Å²) >= 11 is 3.43. The van der Waals surface area contributed by atoms with E-state index >= 15 is 0 Å². The Labute approximate surface area is 148 Å². The molecule has 0 aromatic heterocycles. The van der Waals surface area contributed by atoms with Gasteiger partial charge in [0.2, 0.25) is 0 Å². The van der Waals surface area contributed by atoms with Crippen molar-refractivity contribution >= 4 is 22.0 Å². The van der Waals surface area contributed by atoms with Crippen LogP contribution in [0.2, 0.25) is 0 Å². The van der Waals surface area contributed by atoms with Gasteiger partial charge >= 0.3 is 6.03 Å². The molecule has 1 heterocycles. The Morgan fingerprint density at radius 3 is 2.39 bits per heavy atom. The third kappa shape index (κ3) is 6.15. The van der Waals surface area contributed by atoms with E-state index < -0.39 is 0 Å². The molecular formula is C18H28BrN3O. The molecule has 0 spiro atoms. The molecule has 2 rings (SSSR count). The van der Waals surface area contributed by atoms with Crippen molar-refractivity contribution in [2.75, 3.05) is 19.6 Å². The molecule has 1 aliphatic rings. The predicted molar refractivity (Wildman–Crippen MR) is 98.5 cm³/mol. The predicted octanol–water partition coefficient (Wildman–Crippen LogP) is 3.93. The van der Waals surface area contributed by atoms with Crippen LogP contribution in [0.3, 0.4) is 0 Å². The molecule has 1 fully saturated rings. The maximum Gasteiger partial charge on any atom is 0.315 e. The number of nitrogens with zero attached hydrogens (tertiary/aromatic N) is 1. The van der Waals surface area contributed by atoms with Gasteiger partial charge in [0.15, 0.2) is 0 Å². The summed E-state index contributed by atoms with van der Waals surface area (Å²) < 4.78 is 1.05. The van der Waals surface area contributed by atoms with Gasteiger partial charge in [-0.15, -0.1) is 0 Å². The van der Waals surface area contributed by atoms with E-state index in [1.165, 1.54) is 0 Å². The summed E-state index contributed by atoms with van der Waals surface area (Å²) in [6.07, 6.45) is 2.07. The van der Waals surface area contributed by atoms with Crippen molar-refractivity contribution in [3.63, 3.8) is 0 Å². The summed E-state index contributed by atoms with van der Waals surface area (Å²) in [5.41, 5.74) is 1.11. The maximum absolute atomic E-state index is 12.2.